The molecule has 0 unspecified atom stereocenters. The van der Waals surface area contributed by atoms with Crippen LogP contribution in [0.1, 0.15) is 31.7 Å². The SMILES string of the molecule is CCC1CCN(Cc2cc(OC)ccc2B(O)O)CC1. The van der Waals surface area contributed by atoms with Crippen molar-refractivity contribution >= 4 is 12.6 Å². The van der Waals surface area contributed by atoms with Gasteiger partial charge < -0.3 is 14.8 Å². The minimum absolute atomic E-state index is 0.573. The summed E-state index contributed by atoms with van der Waals surface area (Å²) in [6.07, 6.45) is 3.72. The molecule has 20 heavy (non-hydrogen) atoms. The Bertz CT molecular complexity index is 431. The van der Waals surface area contributed by atoms with E-state index in [1.807, 2.05) is 6.07 Å². The van der Waals surface area contributed by atoms with Gasteiger partial charge in [-0.15, -0.1) is 0 Å². The average Bonchev–Trinajstić information content (AvgIpc) is 2.47. The fourth-order valence-corrected chi connectivity index (χ4v) is 2.89. The third-order valence-corrected chi connectivity index (χ3v) is 4.31. The third-order valence-electron chi connectivity index (χ3n) is 4.31. The highest BCUT2D eigenvalue weighted by atomic mass is 16.5. The van der Waals surface area contributed by atoms with Gasteiger partial charge in [0.25, 0.3) is 0 Å². The van der Waals surface area contributed by atoms with E-state index in [2.05, 4.69) is 11.8 Å². The number of ether oxygens (including phenoxy) is 1. The zero-order valence-corrected chi connectivity index (χ0v) is 12.4. The Kier molecular flexibility index (Phi) is 5.46. The van der Waals surface area contributed by atoms with Crippen molar-refractivity contribution in [3.63, 3.8) is 0 Å². The largest absolute Gasteiger partial charge is 0.497 e. The summed E-state index contributed by atoms with van der Waals surface area (Å²) < 4.78 is 5.23. The maximum atomic E-state index is 9.47. The molecule has 1 saturated heterocycles. The zero-order valence-electron chi connectivity index (χ0n) is 12.4. The number of nitrogens with zero attached hydrogens (tertiary/aromatic N) is 1. The number of hydrogen-bond donors (Lipinski definition) is 2. The maximum absolute atomic E-state index is 9.47. The lowest BCUT2D eigenvalue weighted by atomic mass is 9.76. The summed E-state index contributed by atoms with van der Waals surface area (Å²) in [6, 6.07) is 5.40. The number of piperidine rings is 1. The van der Waals surface area contributed by atoms with Crippen LogP contribution in [-0.4, -0.2) is 42.3 Å². The Labute approximate surface area is 121 Å². The predicted molar refractivity (Wildman–Crippen MR) is 81.1 cm³/mol. The van der Waals surface area contributed by atoms with Gasteiger partial charge in [-0.05, 0) is 55.0 Å². The summed E-state index contributed by atoms with van der Waals surface area (Å²) in [5, 5.41) is 18.9. The van der Waals surface area contributed by atoms with E-state index in [1.165, 1.54) is 19.3 Å². The van der Waals surface area contributed by atoms with Crippen molar-refractivity contribution in [2.24, 2.45) is 5.92 Å². The van der Waals surface area contributed by atoms with Gasteiger partial charge in [0.05, 0.1) is 7.11 Å². The Hall–Kier alpha value is -1.04. The van der Waals surface area contributed by atoms with Crippen molar-refractivity contribution < 1.29 is 14.8 Å². The Balaban J connectivity index is 2.07. The topological polar surface area (TPSA) is 52.9 Å². The van der Waals surface area contributed by atoms with Crippen LogP contribution in [0, 0.1) is 5.92 Å². The van der Waals surface area contributed by atoms with Crippen LogP contribution in [0.2, 0.25) is 0 Å². The lowest BCUT2D eigenvalue weighted by molar-refractivity contribution is 0.175. The summed E-state index contributed by atoms with van der Waals surface area (Å²) in [4.78, 5) is 2.38. The van der Waals surface area contributed by atoms with Crippen molar-refractivity contribution in [1.29, 1.82) is 0 Å². The molecule has 2 N–H and O–H groups in total. The van der Waals surface area contributed by atoms with Crippen LogP contribution in [0.25, 0.3) is 0 Å². The van der Waals surface area contributed by atoms with Crippen molar-refractivity contribution in [2.75, 3.05) is 20.2 Å². The van der Waals surface area contributed by atoms with Gasteiger partial charge in [-0.2, -0.15) is 0 Å². The molecule has 0 spiro atoms. The molecule has 0 aliphatic carbocycles. The molecule has 0 bridgehead atoms. The summed E-state index contributed by atoms with van der Waals surface area (Å²) >= 11 is 0. The lowest BCUT2D eigenvalue weighted by Crippen LogP contribution is -2.38. The van der Waals surface area contributed by atoms with Crippen LogP contribution >= 0.6 is 0 Å². The summed E-state index contributed by atoms with van der Waals surface area (Å²) in [6.45, 7) is 5.16. The lowest BCUT2D eigenvalue weighted by Gasteiger charge is -2.32. The maximum Gasteiger partial charge on any atom is 0.488 e. The van der Waals surface area contributed by atoms with Gasteiger partial charge in [0.2, 0.25) is 0 Å². The van der Waals surface area contributed by atoms with Crippen molar-refractivity contribution in [1.82, 2.24) is 4.90 Å². The normalized spacial score (nSPS) is 17.2. The number of methoxy groups -OCH3 is 1. The van der Waals surface area contributed by atoms with Crippen LogP contribution in [-0.2, 0) is 6.54 Å². The molecule has 0 aromatic heterocycles. The van der Waals surface area contributed by atoms with Crippen molar-refractivity contribution in [3.05, 3.63) is 23.8 Å². The van der Waals surface area contributed by atoms with Crippen LogP contribution in [0.3, 0.4) is 0 Å². The van der Waals surface area contributed by atoms with Gasteiger partial charge in [-0.25, -0.2) is 0 Å². The van der Waals surface area contributed by atoms with E-state index in [4.69, 9.17) is 4.74 Å². The molecule has 1 heterocycles. The minimum atomic E-state index is -1.43. The van der Waals surface area contributed by atoms with Crippen LogP contribution < -0.4 is 10.2 Å². The molecule has 110 valence electrons. The summed E-state index contributed by atoms with van der Waals surface area (Å²) in [7, 11) is 0.199. The molecule has 1 aliphatic heterocycles. The van der Waals surface area contributed by atoms with E-state index in [0.717, 1.165) is 36.9 Å². The molecule has 1 fully saturated rings. The van der Waals surface area contributed by atoms with Gasteiger partial charge in [0.15, 0.2) is 0 Å². The molecule has 5 heteroatoms. The quantitative estimate of drug-likeness (QED) is 0.788. The highest BCUT2D eigenvalue weighted by Crippen LogP contribution is 2.22. The Morgan fingerprint density at radius 3 is 2.55 bits per heavy atom. The second kappa shape index (κ2) is 7.11. The van der Waals surface area contributed by atoms with Gasteiger partial charge >= 0.3 is 7.12 Å². The molecule has 0 atom stereocenters. The average molecular weight is 277 g/mol. The second-order valence-electron chi connectivity index (χ2n) is 5.57. The van der Waals surface area contributed by atoms with Crippen LogP contribution in [0.15, 0.2) is 18.2 Å². The molecule has 0 saturated carbocycles. The Morgan fingerprint density at radius 2 is 2.00 bits per heavy atom. The molecule has 0 radical (unpaired) electrons. The molecule has 1 aromatic carbocycles. The van der Waals surface area contributed by atoms with E-state index in [9.17, 15) is 10.0 Å². The first kappa shape index (κ1) is 15.4. The molecule has 2 rings (SSSR count). The summed E-state index contributed by atoms with van der Waals surface area (Å²) in [5.41, 5.74) is 1.51. The highest BCUT2D eigenvalue weighted by molar-refractivity contribution is 6.59. The predicted octanol–water partition coefficient (Wildman–Crippen LogP) is 0.997. The number of benzene rings is 1. The zero-order chi connectivity index (χ0) is 14.5. The number of hydrogen-bond acceptors (Lipinski definition) is 4. The van der Waals surface area contributed by atoms with Gasteiger partial charge in [0, 0.05) is 6.54 Å². The first-order valence-electron chi connectivity index (χ1n) is 7.39. The highest BCUT2D eigenvalue weighted by Gasteiger charge is 2.21. The molecule has 0 amide bonds. The van der Waals surface area contributed by atoms with Crippen LogP contribution in [0.4, 0.5) is 0 Å². The smallest absolute Gasteiger partial charge is 0.488 e. The molecule has 4 nitrogen and oxygen atoms in total. The number of rotatable bonds is 5. The molecule has 1 aliphatic rings. The number of likely N-dealkylation sites (tertiary alicyclic amines) is 1. The van der Waals surface area contributed by atoms with Gasteiger partial charge in [-0.1, -0.05) is 19.4 Å². The third kappa shape index (κ3) is 3.75. The monoisotopic (exact) mass is 277 g/mol. The molecular formula is C15H24BNO3. The Morgan fingerprint density at radius 1 is 1.30 bits per heavy atom. The van der Waals surface area contributed by atoms with Gasteiger partial charge in [-0.3, -0.25) is 4.90 Å². The van der Waals surface area contributed by atoms with E-state index in [0.29, 0.717) is 5.46 Å². The minimum Gasteiger partial charge on any atom is -0.497 e. The van der Waals surface area contributed by atoms with Crippen molar-refractivity contribution in [3.8, 4) is 5.75 Å². The second-order valence-corrected chi connectivity index (χ2v) is 5.57. The summed E-state index contributed by atoms with van der Waals surface area (Å²) in [5.74, 6) is 1.60. The fourth-order valence-electron chi connectivity index (χ4n) is 2.89. The fraction of sp³-hybridized carbons (Fsp3) is 0.600. The van der Waals surface area contributed by atoms with E-state index in [-0.39, 0.29) is 0 Å². The molecular weight excluding hydrogens is 253 g/mol. The van der Waals surface area contributed by atoms with Gasteiger partial charge in [0.1, 0.15) is 5.75 Å². The first-order valence-corrected chi connectivity index (χ1v) is 7.39. The van der Waals surface area contributed by atoms with Crippen LogP contribution in [0.5, 0.6) is 5.75 Å². The van der Waals surface area contributed by atoms with E-state index >= 15 is 0 Å². The van der Waals surface area contributed by atoms with E-state index in [1.54, 1.807) is 19.2 Å². The van der Waals surface area contributed by atoms with E-state index < -0.39 is 7.12 Å². The van der Waals surface area contributed by atoms with Crippen molar-refractivity contribution in [2.45, 2.75) is 32.7 Å². The standard InChI is InChI=1S/C15H24BNO3/c1-3-12-6-8-17(9-7-12)11-13-10-14(20-2)4-5-15(13)16(18)19/h4-5,10,12,18-19H,3,6-9,11H2,1-2H3. The first-order chi connectivity index (χ1) is 9.63. The molecule has 1 aromatic rings.